The second-order valence-corrected chi connectivity index (χ2v) is 4.36. The van der Waals surface area contributed by atoms with Crippen LogP contribution in [0.3, 0.4) is 0 Å². The first-order valence-corrected chi connectivity index (χ1v) is 6.25. The molecule has 0 spiro atoms. The van der Waals surface area contributed by atoms with Crippen LogP contribution >= 0.6 is 11.8 Å². The summed E-state index contributed by atoms with van der Waals surface area (Å²) in [6.45, 7) is 2.16. The maximum atomic E-state index is 5.52. The first kappa shape index (κ1) is 11.1. The zero-order valence-electron chi connectivity index (χ0n) is 9.09. The molecule has 0 bridgehead atoms. The molecule has 84 valence electrons. The monoisotopic (exact) mass is 235 g/mol. The SMILES string of the molecule is CCCCSc1nnc(-c2cccnc2)o1. The van der Waals surface area contributed by atoms with Gasteiger partial charge in [0.25, 0.3) is 5.22 Å². The van der Waals surface area contributed by atoms with Crippen molar-refractivity contribution in [1.29, 1.82) is 0 Å². The van der Waals surface area contributed by atoms with E-state index in [1.165, 1.54) is 6.42 Å². The Labute approximate surface area is 98.5 Å². The molecule has 16 heavy (non-hydrogen) atoms. The fraction of sp³-hybridized carbons (Fsp3) is 0.364. The van der Waals surface area contributed by atoms with Crippen LogP contribution in [0.4, 0.5) is 0 Å². The number of hydrogen-bond donors (Lipinski definition) is 0. The molecule has 2 aromatic rings. The van der Waals surface area contributed by atoms with Gasteiger partial charge in [-0.3, -0.25) is 4.98 Å². The fourth-order valence-corrected chi connectivity index (χ4v) is 2.02. The van der Waals surface area contributed by atoms with Gasteiger partial charge in [0.15, 0.2) is 0 Å². The van der Waals surface area contributed by atoms with E-state index in [0.717, 1.165) is 17.7 Å². The third kappa shape index (κ3) is 2.82. The second-order valence-electron chi connectivity index (χ2n) is 3.32. The quantitative estimate of drug-likeness (QED) is 0.589. The second kappa shape index (κ2) is 5.65. The Morgan fingerprint density at radius 2 is 2.31 bits per heavy atom. The molecule has 5 heteroatoms. The number of pyridine rings is 1. The summed E-state index contributed by atoms with van der Waals surface area (Å²) >= 11 is 1.60. The van der Waals surface area contributed by atoms with Crippen molar-refractivity contribution in [3.63, 3.8) is 0 Å². The van der Waals surface area contributed by atoms with E-state index >= 15 is 0 Å². The molecular weight excluding hydrogens is 222 g/mol. The number of aromatic nitrogens is 3. The third-order valence-electron chi connectivity index (χ3n) is 2.04. The minimum atomic E-state index is 0.534. The Morgan fingerprint density at radius 1 is 1.38 bits per heavy atom. The molecule has 0 N–H and O–H groups in total. The summed E-state index contributed by atoms with van der Waals surface area (Å²) in [5, 5.41) is 8.60. The molecule has 0 saturated heterocycles. The Morgan fingerprint density at radius 3 is 3.06 bits per heavy atom. The molecule has 0 atom stereocenters. The Balaban J connectivity index is 2.02. The highest BCUT2D eigenvalue weighted by Crippen LogP contribution is 2.22. The third-order valence-corrected chi connectivity index (χ3v) is 2.94. The molecule has 0 aliphatic carbocycles. The lowest BCUT2D eigenvalue weighted by Gasteiger charge is -1.93. The van der Waals surface area contributed by atoms with E-state index in [1.807, 2.05) is 12.1 Å². The van der Waals surface area contributed by atoms with Crippen LogP contribution in [0.25, 0.3) is 11.5 Å². The largest absolute Gasteiger partial charge is 0.411 e. The van der Waals surface area contributed by atoms with E-state index in [1.54, 1.807) is 24.2 Å². The van der Waals surface area contributed by atoms with Crippen molar-refractivity contribution in [2.24, 2.45) is 0 Å². The topological polar surface area (TPSA) is 51.8 Å². The summed E-state index contributed by atoms with van der Waals surface area (Å²) in [5.74, 6) is 1.55. The Hall–Kier alpha value is -1.36. The lowest BCUT2D eigenvalue weighted by Crippen LogP contribution is -1.78. The molecule has 0 unspecified atom stereocenters. The van der Waals surface area contributed by atoms with E-state index in [-0.39, 0.29) is 0 Å². The molecule has 4 nitrogen and oxygen atoms in total. The van der Waals surface area contributed by atoms with Gasteiger partial charge in [-0.1, -0.05) is 25.1 Å². The summed E-state index contributed by atoms with van der Waals surface area (Å²) in [7, 11) is 0. The normalized spacial score (nSPS) is 10.6. The number of thioether (sulfide) groups is 1. The van der Waals surface area contributed by atoms with Crippen LogP contribution in [-0.2, 0) is 0 Å². The van der Waals surface area contributed by atoms with Crippen molar-refractivity contribution >= 4 is 11.8 Å². The molecule has 0 saturated carbocycles. The average Bonchev–Trinajstić information content (AvgIpc) is 2.79. The van der Waals surface area contributed by atoms with Crippen LogP contribution < -0.4 is 0 Å². The van der Waals surface area contributed by atoms with Crippen LogP contribution in [0.15, 0.2) is 34.2 Å². The number of hydrogen-bond acceptors (Lipinski definition) is 5. The average molecular weight is 235 g/mol. The van der Waals surface area contributed by atoms with E-state index in [4.69, 9.17) is 4.42 Å². The molecule has 0 radical (unpaired) electrons. The Bertz CT molecular complexity index is 430. The highest BCUT2D eigenvalue weighted by atomic mass is 32.2. The molecule has 2 heterocycles. The van der Waals surface area contributed by atoms with Crippen molar-refractivity contribution < 1.29 is 4.42 Å². The van der Waals surface area contributed by atoms with Crippen LogP contribution in [0.1, 0.15) is 19.8 Å². The van der Waals surface area contributed by atoms with Crippen LogP contribution in [-0.4, -0.2) is 20.9 Å². The highest BCUT2D eigenvalue weighted by molar-refractivity contribution is 7.99. The van der Waals surface area contributed by atoms with Gasteiger partial charge in [-0.2, -0.15) is 0 Å². The van der Waals surface area contributed by atoms with Crippen molar-refractivity contribution in [2.45, 2.75) is 25.0 Å². The molecule has 0 amide bonds. The van der Waals surface area contributed by atoms with Crippen molar-refractivity contribution in [1.82, 2.24) is 15.2 Å². The van der Waals surface area contributed by atoms with Crippen LogP contribution in [0.5, 0.6) is 0 Å². The van der Waals surface area contributed by atoms with E-state index < -0.39 is 0 Å². The maximum Gasteiger partial charge on any atom is 0.276 e. The highest BCUT2D eigenvalue weighted by Gasteiger charge is 2.08. The zero-order valence-corrected chi connectivity index (χ0v) is 9.91. The molecular formula is C11H13N3OS. The fourth-order valence-electron chi connectivity index (χ4n) is 1.18. The maximum absolute atomic E-state index is 5.52. The molecule has 0 fully saturated rings. The van der Waals surface area contributed by atoms with E-state index in [2.05, 4.69) is 22.1 Å². The molecule has 0 aliphatic rings. The van der Waals surface area contributed by atoms with Gasteiger partial charge in [-0.05, 0) is 18.6 Å². The lowest BCUT2D eigenvalue weighted by molar-refractivity contribution is 0.465. The summed E-state index contributed by atoms with van der Waals surface area (Å²) in [6, 6.07) is 3.75. The standard InChI is InChI=1S/C11H13N3OS/c1-2-3-7-16-11-14-13-10(15-11)9-5-4-6-12-8-9/h4-6,8H,2-3,7H2,1H3. The van der Waals surface area contributed by atoms with Gasteiger partial charge in [0.2, 0.25) is 5.89 Å². The zero-order chi connectivity index (χ0) is 11.2. The van der Waals surface area contributed by atoms with Gasteiger partial charge in [0, 0.05) is 18.1 Å². The van der Waals surface area contributed by atoms with Crippen molar-refractivity contribution in [3.05, 3.63) is 24.5 Å². The molecule has 2 aromatic heterocycles. The van der Waals surface area contributed by atoms with Gasteiger partial charge >= 0.3 is 0 Å². The molecule has 0 aromatic carbocycles. The first-order chi connectivity index (χ1) is 7.90. The van der Waals surface area contributed by atoms with Gasteiger partial charge in [0.1, 0.15) is 0 Å². The van der Waals surface area contributed by atoms with E-state index in [9.17, 15) is 0 Å². The van der Waals surface area contributed by atoms with Crippen molar-refractivity contribution in [2.75, 3.05) is 5.75 Å². The summed E-state index contributed by atoms with van der Waals surface area (Å²) in [5.41, 5.74) is 0.859. The van der Waals surface area contributed by atoms with Gasteiger partial charge in [-0.15, -0.1) is 10.2 Å². The predicted octanol–water partition coefficient (Wildman–Crippen LogP) is 3.02. The lowest BCUT2D eigenvalue weighted by atomic mass is 10.3. The smallest absolute Gasteiger partial charge is 0.276 e. The predicted molar refractivity (Wildman–Crippen MR) is 63.2 cm³/mol. The number of nitrogens with zero attached hydrogens (tertiary/aromatic N) is 3. The van der Waals surface area contributed by atoms with E-state index in [0.29, 0.717) is 11.1 Å². The minimum Gasteiger partial charge on any atom is -0.411 e. The molecule has 2 rings (SSSR count). The Kier molecular flexibility index (Phi) is 3.93. The van der Waals surface area contributed by atoms with Crippen LogP contribution in [0.2, 0.25) is 0 Å². The van der Waals surface area contributed by atoms with Gasteiger partial charge < -0.3 is 4.42 Å². The molecule has 0 aliphatic heterocycles. The number of rotatable bonds is 5. The summed E-state index contributed by atoms with van der Waals surface area (Å²) in [4.78, 5) is 4.01. The minimum absolute atomic E-state index is 0.534. The number of unbranched alkanes of at least 4 members (excludes halogenated alkanes) is 1. The first-order valence-electron chi connectivity index (χ1n) is 5.27. The van der Waals surface area contributed by atoms with Crippen LogP contribution in [0, 0.1) is 0 Å². The van der Waals surface area contributed by atoms with Gasteiger partial charge in [-0.25, -0.2) is 0 Å². The van der Waals surface area contributed by atoms with Crippen molar-refractivity contribution in [3.8, 4) is 11.5 Å². The summed E-state index contributed by atoms with van der Waals surface area (Å²) < 4.78 is 5.52. The summed E-state index contributed by atoms with van der Waals surface area (Å²) in [6.07, 6.45) is 5.77. The van der Waals surface area contributed by atoms with Gasteiger partial charge in [0.05, 0.1) is 5.56 Å².